The Hall–Kier alpha value is -1.40. The number of nitrogens with one attached hydrogen (secondary N) is 2. The summed E-state index contributed by atoms with van der Waals surface area (Å²) in [4.78, 5) is 18.1. The summed E-state index contributed by atoms with van der Waals surface area (Å²) < 4.78 is 5.10. The van der Waals surface area contributed by atoms with Crippen LogP contribution < -0.4 is 10.6 Å². The number of aromatic nitrogens is 1. The first-order valence-electron chi connectivity index (χ1n) is 5.84. The van der Waals surface area contributed by atoms with E-state index in [9.17, 15) is 4.79 Å². The van der Waals surface area contributed by atoms with E-state index in [1.807, 2.05) is 13.8 Å². The van der Waals surface area contributed by atoms with Gasteiger partial charge in [-0.3, -0.25) is 15.0 Å². The molecule has 1 amide bonds. The number of rotatable bonds is 3. The van der Waals surface area contributed by atoms with E-state index < -0.39 is 0 Å². The third-order valence-corrected chi connectivity index (χ3v) is 2.93. The molecule has 1 aliphatic rings. The molecular formula is C11H18N4O2. The molecule has 0 radical (unpaired) electrons. The molecule has 1 aromatic heterocycles. The highest BCUT2D eigenvalue weighted by Crippen LogP contribution is 2.08. The summed E-state index contributed by atoms with van der Waals surface area (Å²) in [5.41, 5.74) is 0.759. The molecule has 1 unspecified atom stereocenters. The van der Waals surface area contributed by atoms with Gasteiger partial charge < -0.3 is 9.73 Å². The van der Waals surface area contributed by atoms with Gasteiger partial charge in [0.2, 0.25) is 5.91 Å². The minimum atomic E-state index is -0.163. The number of carbonyl (C=O) groups is 1. The van der Waals surface area contributed by atoms with Crippen molar-refractivity contribution in [1.82, 2.24) is 15.2 Å². The Kier molecular flexibility index (Phi) is 3.75. The van der Waals surface area contributed by atoms with Gasteiger partial charge in [-0.2, -0.15) is 4.98 Å². The maximum absolute atomic E-state index is 11.9. The Bertz CT molecular complexity index is 385. The minimum absolute atomic E-state index is 0.0752. The third kappa shape index (κ3) is 3.04. The first-order chi connectivity index (χ1) is 8.16. The Balaban J connectivity index is 1.90. The van der Waals surface area contributed by atoms with Crippen LogP contribution in [0, 0.1) is 6.92 Å². The number of hydrogen-bond donors (Lipinski definition) is 2. The molecule has 17 heavy (non-hydrogen) atoms. The second kappa shape index (κ2) is 5.29. The van der Waals surface area contributed by atoms with E-state index in [0.717, 1.165) is 31.9 Å². The Labute approximate surface area is 100 Å². The molecule has 6 heteroatoms. The lowest BCUT2D eigenvalue weighted by Gasteiger charge is -2.31. The lowest BCUT2D eigenvalue weighted by Crippen LogP contribution is -2.51. The predicted molar refractivity (Wildman–Crippen MR) is 63.8 cm³/mol. The van der Waals surface area contributed by atoms with Gasteiger partial charge in [0.1, 0.15) is 6.26 Å². The van der Waals surface area contributed by atoms with E-state index in [1.165, 1.54) is 6.26 Å². The normalized spacial score (nSPS) is 18.9. The first-order valence-corrected chi connectivity index (χ1v) is 5.84. The standard InChI is InChI=1S/C11H18N4O2/c1-8-7-17-11(13-8)14-10(16)9(2)15-5-3-12-4-6-15/h7,9,12H,3-6H2,1-2H3,(H,13,14,16). The quantitative estimate of drug-likeness (QED) is 0.788. The van der Waals surface area contributed by atoms with Crippen LogP contribution in [-0.4, -0.2) is 48.0 Å². The van der Waals surface area contributed by atoms with Crippen LogP contribution in [-0.2, 0) is 4.79 Å². The van der Waals surface area contributed by atoms with Crippen molar-refractivity contribution in [2.24, 2.45) is 0 Å². The van der Waals surface area contributed by atoms with Crippen LogP contribution in [0.1, 0.15) is 12.6 Å². The summed E-state index contributed by atoms with van der Waals surface area (Å²) in [6.07, 6.45) is 1.52. The van der Waals surface area contributed by atoms with Gasteiger partial charge in [-0.1, -0.05) is 0 Å². The van der Waals surface area contributed by atoms with Gasteiger partial charge in [-0.25, -0.2) is 0 Å². The van der Waals surface area contributed by atoms with Crippen molar-refractivity contribution in [2.45, 2.75) is 19.9 Å². The van der Waals surface area contributed by atoms with Crippen LogP contribution in [0.3, 0.4) is 0 Å². The van der Waals surface area contributed by atoms with Gasteiger partial charge in [0.05, 0.1) is 11.7 Å². The fraction of sp³-hybridized carbons (Fsp3) is 0.636. The summed E-state index contributed by atoms with van der Waals surface area (Å²) >= 11 is 0. The second-order valence-corrected chi connectivity index (χ2v) is 4.25. The second-order valence-electron chi connectivity index (χ2n) is 4.25. The average molecular weight is 238 g/mol. The number of carbonyl (C=O) groups excluding carboxylic acids is 1. The maximum Gasteiger partial charge on any atom is 0.301 e. The highest BCUT2D eigenvalue weighted by molar-refractivity contribution is 5.92. The molecule has 0 spiro atoms. The van der Waals surface area contributed by atoms with Gasteiger partial charge in [-0.05, 0) is 13.8 Å². The summed E-state index contributed by atoms with van der Waals surface area (Å²) in [5, 5.41) is 5.94. The van der Waals surface area contributed by atoms with E-state index in [1.54, 1.807) is 0 Å². The van der Waals surface area contributed by atoms with Crippen LogP contribution in [0.2, 0.25) is 0 Å². The summed E-state index contributed by atoms with van der Waals surface area (Å²) in [6.45, 7) is 7.35. The molecule has 0 bridgehead atoms. The first kappa shape index (κ1) is 12.1. The lowest BCUT2D eigenvalue weighted by molar-refractivity contribution is -0.121. The van der Waals surface area contributed by atoms with Crippen LogP contribution in [0.4, 0.5) is 6.01 Å². The number of amides is 1. The van der Waals surface area contributed by atoms with Crippen molar-refractivity contribution in [3.8, 4) is 0 Å². The molecule has 0 saturated carbocycles. The molecule has 94 valence electrons. The number of nitrogens with zero attached hydrogens (tertiary/aromatic N) is 2. The molecule has 0 aliphatic carbocycles. The smallest absolute Gasteiger partial charge is 0.301 e. The number of hydrogen-bond acceptors (Lipinski definition) is 5. The van der Waals surface area contributed by atoms with E-state index in [2.05, 4.69) is 20.5 Å². The molecule has 2 N–H and O–H groups in total. The average Bonchev–Trinajstić information content (AvgIpc) is 2.75. The Morgan fingerprint density at radius 3 is 2.88 bits per heavy atom. The highest BCUT2D eigenvalue weighted by atomic mass is 16.4. The monoisotopic (exact) mass is 238 g/mol. The third-order valence-electron chi connectivity index (χ3n) is 2.93. The number of aryl methyl sites for hydroxylation is 1. The van der Waals surface area contributed by atoms with Crippen molar-refractivity contribution in [1.29, 1.82) is 0 Å². The van der Waals surface area contributed by atoms with E-state index in [-0.39, 0.29) is 18.0 Å². The van der Waals surface area contributed by atoms with Crippen molar-refractivity contribution < 1.29 is 9.21 Å². The summed E-state index contributed by atoms with van der Waals surface area (Å²) in [6, 6.07) is 0.110. The highest BCUT2D eigenvalue weighted by Gasteiger charge is 2.23. The molecule has 0 aromatic carbocycles. The van der Waals surface area contributed by atoms with Gasteiger partial charge in [0, 0.05) is 26.2 Å². The zero-order valence-corrected chi connectivity index (χ0v) is 10.2. The van der Waals surface area contributed by atoms with Gasteiger partial charge in [-0.15, -0.1) is 0 Å². The van der Waals surface area contributed by atoms with Crippen molar-refractivity contribution in [3.05, 3.63) is 12.0 Å². The van der Waals surface area contributed by atoms with Gasteiger partial charge >= 0.3 is 6.01 Å². The van der Waals surface area contributed by atoms with E-state index in [0.29, 0.717) is 0 Å². The molecule has 6 nitrogen and oxygen atoms in total. The van der Waals surface area contributed by atoms with Crippen LogP contribution in [0.25, 0.3) is 0 Å². The van der Waals surface area contributed by atoms with E-state index >= 15 is 0 Å². The summed E-state index contributed by atoms with van der Waals surface area (Å²) in [7, 11) is 0. The molecular weight excluding hydrogens is 220 g/mol. The fourth-order valence-corrected chi connectivity index (χ4v) is 1.86. The minimum Gasteiger partial charge on any atom is -0.432 e. The van der Waals surface area contributed by atoms with E-state index in [4.69, 9.17) is 4.42 Å². The molecule has 1 saturated heterocycles. The SMILES string of the molecule is Cc1coc(NC(=O)C(C)N2CCNCC2)n1. The van der Waals surface area contributed by atoms with Gasteiger partial charge in [0.15, 0.2) is 0 Å². The number of piperazine rings is 1. The molecule has 1 aliphatic heterocycles. The van der Waals surface area contributed by atoms with Crippen molar-refractivity contribution in [3.63, 3.8) is 0 Å². The predicted octanol–water partition coefficient (Wildman–Crippen LogP) is 0.215. The zero-order chi connectivity index (χ0) is 12.3. The molecule has 1 atom stereocenters. The largest absolute Gasteiger partial charge is 0.432 e. The zero-order valence-electron chi connectivity index (χ0n) is 10.2. The van der Waals surface area contributed by atoms with Crippen LogP contribution in [0.5, 0.6) is 0 Å². The Morgan fingerprint density at radius 1 is 1.59 bits per heavy atom. The maximum atomic E-state index is 11.9. The molecule has 1 aromatic rings. The van der Waals surface area contributed by atoms with Crippen molar-refractivity contribution in [2.75, 3.05) is 31.5 Å². The number of anilines is 1. The molecule has 2 rings (SSSR count). The number of oxazole rings is 1. The van der Waals surface area contributed by atoms with Gasteiger partial charge in [0.25, 0.3) is 0 Å². The summed E-state index contributed by atoms with van der Waals surface area (Å²) in [5.74, 6) is -0.0752. The van der Waals surface area contributed by atoms with Crippen LogP contribution >= 0.6 is 0 Å². The van der Waals surface area contributed by atoms with Crippen LogP contribution in [0.15, 0.2) is 10.7 Å². The molecule has 2 heterocycles. The molecule has 1 fully saturated rings. The fourth-order valence-electron chi connectivity index (χ4n) is 1.86. The van der Waals surface area contributed by atoms with Crippen molar-refractivity contribution >= 4 is 11.9 Å². The Morgan fingerprint density at radius 2 is 2.29 bits per heavy atom. The lowest BCUT2D eigenvalue weighted by atomic mass is 10.2. The topological polar surface area (TPSA) is 70.4 Å².